The van der Waals surface area contributed by atoms with Gasteiger partial charge in [-0.05, 0) is 36.5 Å². The van der Waals surface area contributed by atoms with Crippen LogP contribution in [-0.2, 0) is 6.42 Å². The average Bonchev–Trinajstić information content (AvgIpc) is 2.81. The number of nitrogens with one attached hydrogen (secondary N) is 1. The molecule has 1 heterocycles. The molecule has 1 nitrogen and oxygen atoms in total. The molecule has 1 aromatic heterocycles. The molecule has 1 unspecified atom stereocenters. The second-order valence-electron chi connectivity index (χ2n) is 4.05. The van der Waals surface area contributed by atoms with Gasteiger partial charge in [0.05, 0.1) is 0 Å². The van der Waals surface area contributed by atoms with Crippen molar-refractivity contribution in [2.24, 2.45) is 0 Å². The fourth-order valence-corrected chi connectivity index (χ4v) is 1.83. The van der Waals surface area contributed by atoms with Gasteiger partial charge in [0, 0.05) is 11.9 Å². The van der Waals surface area contributed by atoms with Crippen LogP contribution < -0.4 is 0 Å². The third-order valence-electron chi connectivity index (χ3n) is 2.86. The minimum Gasteiger partial charge on any atom is -0.365 e. The van der Waals surface area contributed by atoms with E-state index in [1.807, 2.05) is 6.20 Å². The molecule has 0 amide bonds. The summed E-state index contributed by atoms with van der Waals surface area (Å²) in [5.74, 6) is 0.611. The molecule has 1 atom stereocenters. The van der Waals surface area contributed by atoms with Gasteiger partial charge in [-0.15, -0.1) is 0 Å². The molecule has 2 rings (SSSR count). The highest BCUT2D eigenvalue weighted by Gasteiger charge is 2.05. The van der Waals surface area contributed by atoms with Crippen LogP contribution in [0.1, 0.15) is 30.5 Å². The Labute approximate surface area is 91.2 Å². The predicted molar refractivity (Wildman–Crippen MR) is 64.0 cm³/mol. The first-order valence-electron chi connectivity index (χ1n) is 5.53. The maximum Gasteiger partial charge on any atom is 0.0175 e. The minimum absolute atomic E-state index is 0.611. The number of rotatable bonds is 4. The van der Waals surface area contributed by atoms with E-state index in [1.165, 1.54) is 17.7 Å². The van der Waals surface area contributed by atoms with Gasteiger partial charge >= 0.3 is 0 Å². The van der Waals surface area contributed by atoms with Gasteiger partial charge in [0.15, 0.2) is 0 Å². The minimum atomic E-state index is 0.611. The highest BCUT2D eigenvalue weighted by Crippen LogP contribution is 2.19. The molecule has 0 saturated carbocycles. The summed E-state index contributed by atoms with van der Waals surface area (Å²) in [5.41, 5.74) is 2.77. The Morgan fingerprint density at radius 1 is 1.07 bits per heavy atom. The summed E-state index contributed by atoms with van der Waals surface area (Å²) >= 11 is 0. The molecule has 15 heavy (non-hydrogen) atoms. The van der Waals surface area contributed by atoms with Gasteiger partial charge in [0.2, 0.25) is 0 Å². The van der Waals surface area contributed by atoms with E-state index in [0.29, 0.717) is 5.92 Å². The van der Waals surface area contributed by atoms with E-state index in [4.69, 9.17) is 0 Å². The maximum atomic E-state index is 3.27. The molecular weight excluding hydrogens is 182 g/mol. The molecule has 0 aliphatic heterocycles. The molecule has 0 bridgehead atoms. The molecule has 0 spiro atoms. The summed E-state index contributed by atoms with van der Waals surface area (Å²) in [5, 5.41) is 0. The lowest BCUT2D eigenvalue weighted by atomic mass is 9.98. The van der Waals surface area contributed by atoms with E-state index in [9.17, 15) is 0 Å². The number of H-pyrrole nitrogens is 1. The summed E-state index contributed by atoms with van der Waals surface area (Å²) in [6, 6.07) is 14.9. The first-order valence-corrected chi connectivity index (χ1v) is 5.53. The van der Waals surface area contributed by atoms with Gasteiger partial charge in [0.25, 0.3) is 0 Å². The Hall–Kier alpha value is -1.50. The molecule has 2 aromatic rings. The molecular formula is C14H17N. The fourth-order valence-electron chi connectivity index (χ4n) is 1.83. The molecule has 0 saturated heterocycles. The van der Waals surface area contributed by atoms with Crippen molar-refractivity contribution in [1.29, 1.82) is 0 Å². The monoisotopic (exact) mass is 199 g/mol. The van der Waals surface area contributed by atoms with Crippen molar-refractivity contribution in [2.75, 3.05) is 0 Å². The van der Waals surface area contributed by atoms with Crippen LogP contribution >= 0.6 is 0 Å². The Morgan fingerprint density at radius 3 is 2.53 bits per heavy atom. The van der Waals surface area contributed by atoms with E-state index in [0.717, 1.165) is 6.42 Å². The zero-order valence-corrected chi connectivity index (χ0v) is 9.11. The number of benzene rings is 1. The van der Waals surface area contributed by atoms with Crippen LogP contribution in [-0.4, -0.2) is 4.98 Å². The Morgan fingerprint density at radius 2 is 1.87 bits per heavy atom. The van der Waals surface area contributed by atoms with Crippen LogP contribution in [0.3, 0.4) is 0 Å². The van der Waals surface area contributed by atoms with Crippen LogP contribution in [0.15, 0.2) is 48.7 Å². The number of aromatic amines is 1. The molecule has 0 fully saturated rings. The van der Waals surface area contributed by atoms with Crippen molar-refractivity contribution < 1.29 is 0 Å². The van der Waals surface area contributed by atoms with E-state index in [-0.39, 0.29) is 0 Å². The van der Waals surface area contributed by atoms with Crippen LogP contribution in [0, 0.1) is 0 Å². The Bertz CT molecular complexity index is 375. The molecule has 1 aromatic carbocycles. The first-order chi connectivity index (χ1) is 7.36. The molecule has 0 aliphatic rings. The number of aryl methyl sites for hydroxylation is 1. The van der Waals surface area contributed by atoms with Crippen molar-refractivity contribution in [3.8, 4) is 0 Å². The van der Waals surface area contributed by atoms with E-state index >= 15 is 0 Å². The SMILES string of the molecule is CC(CCc1ccccc1)c1ccc[nH]1. The number of hydrogen-bond acceptors (Lipinski definition) is 0. The smallest absolute Gasteiger partial charge is 0.0175 e. The molecule has 1 N–H and O–H groups in total. The van der Waals surface area contributed by atoms with Gasteiger partial charge in [0.1, 0.15) is 0 Å². The van der Waals surface area contributed by atoms with Gasteiger partial charge in [-0.25, -0.2) is 0 Å². The van der Waals surface area contributed by atoms with E-state index in [1.54, 1.807) is 0 Å². The molecule has 0 aliphatic carbocycles. The number of hydrogen-bond donors (Lipinski definition) is 1. The summed E-state index contributed by atoms with van der Waals surface area (Å²) in [7, 11) is 0. The summed E-state index contributed by atoms with van der Waals surface area (Å²) < 4.78 is 0. The second kappa shape index (κ2) is 4.83. The summed E-state index contributed by atoms with van der Waals surface area (Å²) in [6.45, 7) is 2.27. The molecule has 0 radical (unpaired) electrons. The predicted octanol–water partition coefficient (Wildman–Crippen LogP) is 3.75. The van der Waals surface area contributed by atoms with Gasteiger partial charge in [-0.1, -0.05) is 37.3 Å². The third-order valence-corrected chi connectivity index (χ3v) is 2.86. The van der Waals surface area contributed by atoms with Crippen LogP contribution in [0.25, 0.3) is 0 Å². The third kappa shape index (κ3) is 2.72. The van der Waals surface area contributed by atoms with Gasteiger partial charge in [-0.3, -0.25) is 0 Å². The van der Waals surface area contributed by atoms with Crippen molar-refractivity contribution in [1.82, 2.24) is 4.98 Å². The van der Waals surface area contributed by atoms with E-state index < -0.39 is 0 Å². The lowest BCUT2D eigenvalue weighted by molar-refractivity contribution is 0.664. The normalized spacial score (nSPS) is 12.6. The summed E-state index contributed by atoms with van der Waals surface area (Å²) in [4.78, 5) is 3.27. The zero-order valence-electron chi connectivity index (χ0n) is 9.11. The van der Waals surface area contributed by atoms with Crippen molar-refractivity contribution in [3.05, 3.63) is 59.9 Å². The van der Waals surface area contributed by atoms with Crippen molar-refractivity contribution >= 4 is 0 Å². The summed E-state index contributed by atoms with van der Waals surface area (Å²) in [6.07, 6.45) is 4.35. The molecule has 78 valence electrons. The lowest BCUT2D eigenvalue weighted by Crippen LogP contribution is -1.96. The lowest BCUT2D eigenvalue weighted by Gasteiger charge is -2.09. The second-order valence-corrected chi connectivity index (χ2v) is 4.05. The fraction of sp³-hybridized carbons (Fsp3) is 0.286. The highest BCUT2D eigenvalue weighted by molar-refractivity contribution is 5.16. The number of aromatic nitrogens is 1. The quantitative estimate of drug-likeness (QED) is 0.771. The Balaban J connectivity index is 1.89. The largest absolute Gasteiger partial charge is 0.365 e. The van der Waals surface area contributed by atoms with Crippen LogP contribution in [0.4, 0.5) is 0 Å². The average molecular weight is 199 g/mol. The van der Waals surface area contributed by atoms with Crippen molar-refractivity contribution in [3.63, 3.8) is 0 Å². The molecule has 1 heteroatoms. The standard InChI is InChI=1S/C14H17N/c1-12(14-8-5-11-15-14)9-10-13-6-3-2-4-7-13/h2-8,11-12,15H,9-10H2,1H3. The van der Waals surface area contributed by atoms with Crippen molar-refractivity contribution in [2.45, 2.75) is 25.7 Å². The maximum absolute atomic E-state index is 3.27. The van der Waals surface area contributed by atoms with Crippen LogP contribution in [0.5, 0.6) is 0 Å². The van der Waals surface area contributed by atoms with E-state index in [2.05, 4.69) is 54.4 Å². The first kappa shape index (κ1) is 10.0. The van der Waals surface area contributed by atoms with Gasteiger partial charge < -0.3 is 4.98 Å². The topological polar surface area (TPSA) is 15.8 Å². The highest BCUT2D eigenvalue weighted by atomic mass is 14.7. The van der Waals surface area contributed by atoms with Crippen LogP contribution in [0.2, 0.25) is 0 Å². The van der Waals surface area contributed by atoms with Gasteiger partial charge in [-0.2, -0.15) is 0 Å². The Kier molecular flexibility index (Phi) is 3.23. The zero-order chi connectivity index (χ0) is 10.5.